The van der Waals surface area contributed by atoms with E-state index in [2.05, 4.69) is 5.43 Å². The van der Waals surface area contributed by atoms with Crippen molar-refractivity contribution in [2.24, 2.45) is 0 Å². The van der Waals surface area contributed by atoms with Crippen molar-refractivity contribution in [3.63, 3.8) is 0 Å². The molecule has 5 nitrogen and oxygen atoms in total. The third kappa shape index (κ3) is 4.17. The quantitative estimate of drug-likeness (QED) is 0.614. The van der Waals surface area contributed by atoms with Crippen LogP contribution in [0.2, 0.25) is 10.0 Å². The number of carbonyl (C=O) groups is 1. The van der Waals surface area contributed by atoms with E-state index in [4.69, 9.17) is 28.2 Å². The largest absolute Gasteiger partial charge is 0.296 e. The number of rotatable bonds is 4. The number of hydrogen-bond acceptors (Lipinski definition) is 3. The third-order valence-electron chi connectivity index (χ3n) is 5.12. The van der Waals surface area contributed by atoms with Crippen LogP contribution in [0, 0.1) is 6.92 Å². The van der Waals surface area contributed by atoms with E-state index < -0.39 is 0 Å². The number of aromatic nitrogens is 2. The van der Waals surface area contributed by atoms with E-state index in [1.165, 1.54) is 6.42 Å². The second-order valence-electron chi connectivity index (χ2n) is 7.15. The first-order valence-corrected chi connectivity index (χ1v) is 10.5. The Kier molecular flexibility index (Phi) is 5.90. The number of halogens is 2. The number of carbonyl (C=O) groups excluding carboxylic acids is 1. The molecular weight excluding hydrogens is 407 g/mol. The van der Waals surface area contributed by atoms with E-state index >= 15 is 0 Å². The number of nitrogens with zero attached hydrogens (tertiary/aromatic N) is 3. The summed E-state index contributed by atoms with van der Waals surface area (Å²) in [6, 6.07) is 15.1. The van der Waals surface area contributed by atoms with Crippen molar-refractivity contribution in [1.29, 1.82) is 0 Å². The summed E-state index contributed by atoms with van der Waals surface area (Å²) in [5.74, 6) is 0.378. The van der Waals surface area contributed by atoms with Crippen LogP contribution in [-0.4, -0.2) is 33.6 Å². The summed E-state index contributed by atoms with van der Waals surface area (Å²) in [7, 11) is 0. The molecule has 0 atom stereocenters. The Bertz CT molecular complexity index is 1030. The Morgan fingerprint density at radius 2 is 1.76 bits per heavy atom. The fourth-order valence-electron chi connectivity index (χ4n) is 3.66. The minimum Gasteiger partial charge on any atom is -0.296 e. The zero-order chi connectivity index (χ0) is 20.4. The molecule has 0 spiro atoms. The zero-order valence-electron chi connectivity index (χ0n) is 16.2. The number of para-hydroxylation sites is 1. The van der Waals surface area contributed by atoms with Crippen molar-refractivity contribution in [2.45, 2.75) is 26.2 Å². The first kappa shape index (κ1) is 20.0. The first-order chi connectivity index (χ1) is 14.0. The first-order valence-electron chi connectivity index (χ1n) is 9.70. The number of benzene rings is 2. The monoisotopic (exact) mass is 428 g/mol. The van der Waals surface area contributed by atoms with Gasteiger partial charge < -0.3 is 0 Å². The summed E-state index contributed by atoms with van der Waals surface area (Å²) < 4.78 is 1.95. The van der Waals surface area contributed by atoms with Crippen molar-refractivity contribution in [3.8, 4) is 17.1 Å². The van der Waals surface area contributed by atoms with Gasteiger partial charge in [0, 0.05) is 29.4 Å². The van der Waals surface area contributed by atoms with E-state index in [-0.39, 0.29) is 5.91 Å². The van der Waals surface area contributed by atoms with Gasteiger partial charge in [-0.25, -0.2) is 9.99 Å². The van der Waals surface area contributed by atoms with Crippen LogP contribution in [0.1, 0.15) is 35.4 Å². The number of hydrazine groups is 1. The van der Waals surface area contributed by atoms with E-state index in [0.29, 0.717) is 27.1 Å². The van der Waals surface area contributed by atoms with E-state index in [1.807, 2.05) is 46.8 Å². The van der Waals surface area contributed by atoms with Crippen LogP contribution >= 0.6 is 23.2 Å². The Balaban J connectivity index is 1.80. The highest BCUT2D eigenvalue weighted by atomic mass is 35.5. The summed E-state index contributed by atoms with van der Waals surface area (Å²) in [5.41, 5.74) is 5.72. The van der Waals surface area contributed by atoms with Crippen LogP contribution in [0.5, 0.6) is 0 Å². The van der Waals surface area contributed by atoms with Crippen LogP contribution in [0.25, 0.3) is 17.1 Å². The highest BCUT2D eigenvalue weighted by Crippen LogP contribution is 2.33. The highest BCUT2D eigenvalue weighted by Gasteiger charge is 2.24. The molecule has 0 saturated carbocycles. The lowest BCUT2D eigenvalue weighted by atomic mass is 10.2. The molecule has 1 aliphatic heterocycles. The van der Waals surface area contributed by atoms with Crippen LogP contribution in [0.4, 0.5) is 0 Å². The van der Waals surface area contributed by atoms with Crippen molar-refractivity contribution < 1.29 is 4.79 Å². The molecule has 0 radical (unpaired) electrons. The molecule has 4 rings (SSSR count). The number of imidazole rings is 1. The van der Waals surface area contributed by atoms with Gasteiger partial charge in [-0.15, -0.1) is 0 Å². The second kappa shape index (κ2) is 8.57. The molecule has 7 heteroatoms. The predicted octanol–water partition coefficient (Wildman–Crippen LogP) is 5.29. The Morgan fingerprint density at radius 1 is 1.03 bits per heavy atom. The molecule has 1 saturated heterocycles. The average Bonchev–Trinajstić information content (AvgIpc) is 3.08. The molecule has 1 aromatic heterocycles. The number of piperidine rings is 1. The Morgan fingerprint density at radius 3 is 2.48 bits per heavy atom. The molecule has 0 bridgehead atoms. The molecule has 1 fully saturated rings. The van der Waals surface area contributed by atoms with Gasteiger partial charge in [0.1, 0.15) is 5.82 Å². The van der Waals surface area contributed by atoms with Gasteiger partial charge in [0.25, 0.3) is 5.91 Å². The smallest absolute Gasteiger partial charge is 0.286 e. The maximum atomic E-state index is 13.0. The molecule has 150 valence electrons. The SMILES string of the molecule is Cc1c(C(=O)NN2CCCCC2)nc(-c2cc(Cl)ccc2Cl)n1-c1ccccc1. The molecule has 0 unspecified atom stereocenters. The predicted molar refractivity (Wildman–Crippen MR) is 117 cm³/mol. The topological polar surface area (TPSA) is 50.2 Å². The molecule has 2 heterocycles. The van der Waals surface area contributed by atoms with Crippen LogP contribution in [0.15, 0.2) is 48.5 Å². The van der Waals surface area contributed by atoms with Gasteiger partial charge >= 0.3 is 0 Å². The molecule has 29 heavy (non-hydrogen) atoms. The highest BCUT2D eigenvalue weighted by molar-refractivity contribution is 6.35. The lowest BCUT2D eigenvalue weighted by molar-refractivity contribution is 0.0744. The van der Waals surface area contributed by atoms with Crippen LogP contribution in [0.3, 0.4) is 0 Å². The van der Waals surface area contributed by atoms with Gasteiger partial charge in [-0.05, 0) is 50.1 Å². The summed E-state index contributed by atoms with van der Waals surface area (Å²) in [5, 5.41) is 3.06. The number of nitrogens with one attached hydrogen (secondary N) is 1. The Labute approximate surface area is 180 Å². The molecule has 1 aliphatic rings. The minimum atomic E-state index is -0.210. The van der Waals surface area contributed by atoms with E-state index in [1.54, 1.807) is 18.2 Å². The third-order valence-corrected chi connectivity index (χ3v) is 5.69. The lowest BCUT2D eigenvalue weighted by Gasteiger charge is -2.26. The maximum absolute atomic E-state index is 13.0. The van der Waals surface area contributed by atoms with Gasteiger partial charge in [-0.2, -0.15) is 0 Å². The zero-order valence-corrected chi connectivity index (χ0v) is 17.7. The molecular formula is C22H22Cl2N4O. The molecule has 1 N–H and O–H groups in total. The van der Waals surface area contributed by atoms with Crippen LogP contribution < -0.4 is 5.43 Å². The van der Waals surface area contributed by atoms with Crippen molar-refractivity contribution in [2.75, 3.05) is 13.1 Å². The van der Waals surface area contributed by atoms with Gasteiger partial charge in [-0.1, -0.05) is 47.8 Å². The fraction of sp³-hybridized carbons (Fsp3) is 0.273. The van der Waals surface area contributed by atoms with E-state index in [9.17, 15) is 4.79 Å². The van der Waals surface area contributed by atoms with Crippen LogP contribution in [-0.2, 0) is 0 Å². The standard InChI is InChI=1S/C22H22Cl2N4O/c1-15-20(22(29)26-27-12-6-3-7-13-27)25-21(18-14-16(23)10-11-19(18)24)28(15)17-8-4-2-5-9-17/h2,4-5,8-11,14H,3,6-7,12-13H2,1H3,(H,26,29). The molecule has 1 amide bonds. The van der Waals surface area contributed by atoms with Gasteiger partial charge in [0.2, 0.25) is 0 Å². The summed E-state index contributed by atoms with van der Waals surface area (Å²) >= 11 is 12.7. The lowest BCUT2D eigenvalue weighted by Crippen LogP contribution is -2.45. The molecule has 2 aromatic carbocycles. The molecule has 3 aromatic rings. The van der Waals surface area contributed by atoms with Gasteiger partial charge in [0.15, 0.2) is 5.69 Å². The summed E-state index contributed by atoms with van der Waals surface area (Å²) in [4.78, 5) is 17.7. The average molecular weight is 429 g/mol. The summed E-state index contributed by atoms with van der Waals surface area (Å²) in [6.07, 6.45) is 3.37. The van der Waals surface area contributed by atoms with Crippen molar-refractivity contribution >= 4 is 29.1 Å². The summed E-state index contributed by atoms with van der Waals surface area (Å²) in [6.45, 7) is 3.61. The van der Waals surface area contributed by atoms with E-state index in [0.717, 1.165) is 37.3 Å². The maximum Gasteiger partial charge on any atom is 0.286 e. The second-order valence-corrected chi connectivity index (χ2v) is 8.00. The Hall–Kier alpha value is -2.34. The number of amides is 1. The van der Waals surface area contributed by atoms with Gasteiger partial charge in [-0.3, -0.25) is 14.8 Å². The van der Waals surface area contributed by atoms with Gasteiger partial charge in [0.05, 0.1) is 10.7 Å². The molecule has 0 aliphatic carbocycles. The van der Waals surface area contributed by atoms with Crippen molar-refractivity contribution in [3.05, 3.63) is 70.0 Å². The van der Waals surface area contributed by atoms with Crippen molar-refractivity contribution in [1.82, 2.24) is 20.0 Å². The number of hydrogen-bond donors (Lipinski definition) is 1. The normalized spacial score (nSPS) is 14.7. The fourth-order valence-corrected chi connectivity index (χ4v) is 4.04. The minimum absolute atomic E-state index is 0.210.